The second-order valence-electron chi connectivity index (χ2n) is 4.21. The molecule has 18 heavy (non-hydrogen) atoms. The number of benzene rings is 1. The first kappa shape index (κ1) is 13.1. The Kier molecular flexibility index (Phi) is 4.01. The smallest absolute Gasteiger partial charge is 0.239 e. The fraction of sp³-hybridized carbons (Fsp3) is 0.385. The first-order valence-corrected chi connectivity index (χ1v) is 6.77. The average Bonchev–Trinajstić information content (AvgIpc) is 2.71. The Morgan fingerprint density at radius 3 is 3.00 bits per heavy atom. The maximum Gasteiger partial charge on any atom is 0.239 e. The van der Waals surface area contributed by atoms with Gasteiger partial charge in [-0.2, -0.15) is 0 Å². The summed E-state index contributed by atoms with van der Waals surface area (Å²) < 4.78 is 0.925. The van der Waals surface area contributed by atoms with Crippen molar-refractivity contribution in [3.05, 3.63) is 28.7 Å². The fourth-order valence-electron chi connectivity index (χ4n) is 2.12. The van der Waals surface area contributed by atoms with E-state index in [1.807, 2.05) is 31.2 Å². The second kappa shape index (κ2) is 5.52. The summed E-state index contributed by atoms with van der Waals surface area (Å²) in [6.07, 6.45) is 0.581. The van der Waals surface area contributed by atoms with Crippen molar-refractivity contribution in [3.63, 3.8) is 0 Å². The lowest BCUT2D eigenvalue weighted by Crippen LogP contribution is -2.36. The number of rotatable bonds is 3. The van der Waals surface area contributed by atoms with E-state index in [1.54, 1.807) is 4.90 Å². The lowest BCUT2D eigenvalue weighted by Gasteiger charge is -2.16. The third kappa shape index (κ3) is 2.56. The van der Waals surface area contributed by atoms with Gasteiger partial charge in [-0.25, -0.2) is 0 Å². The lowest BCUT2D eigenvalue weighted by molar-refractivity contribution is -0.132. The Morgan fingerprint density at radius 1 is 1.56 bits per heavy atom. The van der Waals surface area contributed by atoms with Crippen LogP contribution in [-0.2, 0) is 9.59 Å². The standard InChI is InChI=1S/C13H15BrN2O2/c1-2-15-12(17)11-6-7-16(13(11)18)10-5-3-4-9(14)8-10/h3-5,8,11H,2,6-7H2,1H3,(H,15,17)/t11-/m0/s1. The van der Waals surface area contributed by atoms with Gasteiger partial charge in [-0.1, -0.05) is 22.0 Å². The Morgan fingerprint density at radius 2 is 2.33 bits per heavy atom. The predicted molar refractivity (Wildman–Crippen MR) is 73.3 cm³/mol. The van der Waals surface area contributed by atoms with Crippen molar-refractivity contribution in [3.8, 4) is 0 Å². The number of nitrogens with zero attached hydrogens (tertiary/aromatic N) is 1. The van der Waals surface area contributed by atoms with Gasteiger partial charge in [0.05, 0.1) is 0 Å². The molecule has 1 aromatic carbocycles. The first-order valence-electron chi connectivity index (χ1n) is 5.98. The Balaban J connectivity index is 2.14. The van der Waals surface area contributed by atoms with Crippen molar-refractivity contribution >= 4 is 33.4 Å². The number of anilines is 1. The van der Waals surface area contributed by atoms with Gasteiger partial charge in [0.15, 0.2) is 0 Å². The molecule has 0 unspecified atom stereocenters. The average molecular weight is 311 g/mol. The van der Waals surface area contributed by atoms with Crippen LogP contribution in [0.15, 0.2) is 28.7 Å². The summed E-state index contributed by atoms with van der Waals surface area (Å²) in [6, 6.07) is 7.55. The first-order chi connectivity index (χ1) is 8.63. The highest BCUT2D eigenvalue weighted by molar-refractivity contribution is 9.10. The highest BCUT2D eigenvalue weighted by Crippen LogP contribution is 2.27. The minimum absolute atomic E-state index is 0.112. The van der Waals surface area contributed by atoms with Gasteiger partial charge in [-0.15, -0.1) is 0 Å². The van der Waals surface area contributed by atoms with Crippen LogP contribution in [-0.4, -0.2) is 24.9 Å². The van der Waals surface area contributed by atoms with Gasteiger partial charge in [0, 0.05) is 23.2 Å². The topological polar surface area (TPSA) is 49.4 Å². The quantitative estimate of drug-likeness (QED) is 0.867. The summed E-state index contributed by atoms with van der Waals surface area (Å²) in [5, 5.41) is 2.71. The maximum absolute atomic E-state index is 12.2. The molecule has 1 atom stereocenters. The molecule has 0 radical (unpaired) electrons. The van der Waals surface area contributed by atoms with E-state index >= 15 is 0 Å². The summed E-state index contributed by atoms with van der Waals surface area (Å²) in [7, 11) is 0. The number of nitrogens with one attached hydrogen (secondary N) is 1. The molecule has 1 aromatic rings. The number of hydrogen-bond donors (Lipinski definition) is 1. The Labute approximate surface area is 114 Å². The van der Waals surface area contributed by atoms with Gasteiger partial charge in [-0.3, -0.25) is 9.59 Å². The summed E-state index contributed by atoms with van der Waals surface area (Å²) in [5.74, 6) is -0.817. The molecule has 1 N–H and O–H groups in total. The number of amides is 2. The van der Waals surface area contributed by atoms with Gasteiger partial charge in [-0.05, 0) is 31.5 Å². The van der Waals surface area contributed by atoms with E-state index < -0.39 is 5.92 Å². The summed E-state index contributed by atoms with van der Waals surface area (Å²) in [6.45, 7) is 3.00. The Bertz CT molecular complexity index is 476. The van der Waals surface area contributed by atoms with Gasteiger partial charge in [0.2, 0.25) is 11.8 Å². The lowest BCUT2D eigenvalue weighted by atomic mass is 10.1. The minimum atomic E-state index is -0.538. The number of carbonyl (C=O) groups excluding carboxylic acids is 2. The van der Waals surface area contributed by atoms with E-state index in [2.05, 4.69) is 21.2 Å². The van der Waals surface area contributed by atoms with Crippen molar-refractivity contribution in [1.29, 1.82) is 0 Å². The molecule has 96 valence electrons. The third-order valence-electron chi connectivity index (χ3n) is 2.99. The molecule has 0 bridgehead atoms. The third-order valence-corrected chi connectivity index (χ3v) is 3.49. The zero-order valence-electron chi connectivity index (χ0n) is 10.1. The van der Waals surface area contributed by atoms with Crippen molar-refractivity contribution in [2.24, 2.45) is 5.92 Å². The molecule has 1 heterocycles. The van der Waals surface area contributed by atoms with Crippen molar-refractivity contribution in [2.75, 3.05) is 18.0 Å². The molecule has 2 rings (SSSR count). The van der Waals surface area contributed by atoms with Crippen molar-refractivity contribution in [2.45, 2.75) is 13.3 Å². The van der Waals surface area contributed by atoms with E-state index in [4.69, 9.17) is 0 Å². The summed E-state index contributed by atoms with van der Waals surface area (Å²) in [4.78, 5) is 25.6. The molecular formula is C13H15BrN2O2. The summed E-state index contributed by atoms with van der Waals surface area (Å²) >= 11 is 3.38. The molecule has 1 aliphatic rings. The largest absolute Gasteiger partial charge is 0.356 e. The highest BCUT2D eigenvalue weighted by Gasteiger charge is 2.37. The normalized spacial score (nSPS) is 19.1. The molecule has 0 saturated carbocycles. The molecule has 4 nitrogen and oxygen atoms in total. The van der Waals surface area contributed by atoms with Crippen LogP contribution in [0.5, 0.6) is 0 Å². The van der Waals surface area contributed by atoms with Crippen LogP contribution in [0.2, 0.25) is 0 Å². The SMILES string of the molecule is CCNC(=O)[C@@H]1CCN(c2cccc(Br)c2)C1=O. The van der Waals surface area contributed by atoms with E-state index in [-0.39, 0.29) is 11.8 Å². The molecule has 0 aromatic heterocycles. The van der Waals surface area contributed by atoms with Gasteiger partial charge in [0.1, 0.15) is 5.92 Å². The minimum Gasteiger partial charge on any atom is -0.356 e. The molecule has 0 spiro atoms. The van der Waals surface area contributed by atoms with E-state index in [0.717, 1.165) is 10.2 Å². The van der Waals surface area contributed by atoms with Crippen molar-refractivity contribution in [1.82, 2.24) is 5.32 Å². The van der Waals surface area contributed by atoms with Crippen molar-refractivity contribution < 1.29 is 9.59 Å². The van der Waals surface area contributed by atoms with Gasteiger partial charge < -0.3 is 10.2 Å². The van der Waals surface area contributed by atoms with E-state index in [0.29, 0.717) is 19.5 Å². The predicted octanol–water partition coefficient (Wildman–Crippen LogP) is 1.94. The van der Waals surface area contributed by atoms with Crippen LogP contribution in [0.4, 0.5) is 5.69 Å². The Hall–Kier alpha value is -1.36. The molecule has 1 saturated heterocycles. The monoisotopic (exact) mass is 310 g/mol. The maximum atomic E-state index is 12.2. The second-order valence-corrected chi connectivity index (χ2v) is 5.12. The van der Waals surface area contributed by atoms with E-state index in [1.165, 1.54) is 0 Å². The van der Waals surface area contributed by atoms with E-state index in [9.17, 15) is 9.59 Å². The number of hydrogen-bond acceptors (Lipinski definition) is 2. The van der Waals surface area contributed by atoms with Gasteiger partial charge in [0.25, 0.3) is 0 Å². The summed E-state index contributed by atoms with van der Waals surface area (Å²) in [5.41, 5.74) is 0.834. The molecule has 0 aliphatic carbocycles. The van der Waals surface area contributed by atoms with Crippen LogP contribution in [0, 0.1) is 5.92 Å². The van der Waals surface area contributed by atoms with Crippen LogP contribution < -0.4 is 10.2 Å². The number of carbonyl (C=O) groups is 2. The molecule has 5 heteroatoms. The zero-order valence-corrected chi connectivity index (χ0v) is 11.7. The van der Waals surface area contributed by atoms with Gasteiger partial charge >= 0.3 is 0 Å². The van der Waals surface area contributed by atoms with Crippen LogP contribution >= 0.6 is 15.9 Å². The molecular weight excluding hydrogens is 296 g/mol. The molecule has 1 aliphatic heterocycles. The highest BCUT2D eigenvalue weighted by atomic mass is 79.9. The fourth-order valence-corrected chi connectivity index (χ4v) is 2.51. The molecule has 2 amide bonds. The van der Waals surface area contributed by atoms with Crippen LogP contribution in [0.1, 0.15) is 13.3 Å². The van der Waals surface area contributed by atoms with Crippen LogP contribution in [0.3, 0.4) is 0 Å². The molecule has 1 fully saturated rings. The number of halogens is 1. The van der Waals surface area contributed by atoms with Crippen LogP contribution in [0.25, 0.3) is 0 Å². The zero-order chi connectivity index (χ0) is 13.1.